The fourth-order valence-corrected chi connectivity index (χ4v) is 4.97. The Balaban J connectivity index is 1.25. The van der Waals surface area contributed by atoms with Gasteiger partial charge in [-0.25, -0.2) is 4.98 Å². The van der Waals surface area contributed by atoms with Crippen LogP contribution >= 0.6 is 0 Å². The van der Waals surface area contributed by atoms with Crippen molar-refractivity contribution in [2.75, 3.05) is 13.1 Å². The molecule has 7 heteroatoms. The summed E-state index contributed by atoms with van der Waals surface area (Å²) in [7, 11) is 0. The molecule has 0 radical (unpaired) electrons. The summed E-state index contributed by atoms with van der Waals surface area (Å²) in [5.41, 5.74) is -0.874. The molecule has 1 saturated heterocycles. The maximum Gasteiger partial charge on any atom is 0.433 e. The van der Waals surface area contributed by atoms with Crippen LogP contribution in [0.3, 0.4) is 0 Å². The molecule has 0 atom stereocenters. The van der Waals surface area contributed by atoms with E-state index in [9.17, 15) is 23.1 Å². The molecule has 2 aliphatic carbocycles. The van der Waals surface area contributed by atoms with Gasteiger partial charge in [-0.1, -0.05) is 6.07 Å². The Morgan fingerprint density at radius 2 is 1.92 bits per heavy atom. The molecule has 1 N–H and O–H groups in total. The lowest BCUT2D eigenvalue weighted by Gasteiger charge is -2.60. The fourth-order valence-electron chi connectivity index (χ4n) is 4.97. The molecule has 26 heavy (non-hydrogen) atoms. The van der Waals surface area contributed by atoms with Gasteiger partial charge in [0, 0.05) is 30.1 Å². The van der Waals surface area contributed by atoms with E-state index >= 15 is 0 Å². The first kappa shape index (κ1) is 17.8. The molecule has 3 fully saturated rings. The van der Waals surface area contributed by atoms with E-state index in [1.165, 1.54) is 6.07 Å². The lowest BCUT2D eigenvalue weighted by Crippen LogP contribution is -2.66. The highest BCUT2D eigenvalue weighted by Gasteiger charge is 2.55. The van der Waals surface area contributed by atoms with Crippen molar-refractivity contribution < 1.29 is 23.1 Å². The molecule has 4 rings (SSSR count). The van der Waals surface area contributed by atoms with Crippen LogP contribution in [0, 0.1) is 17.3 Å². The van der Waals surface area contributed by atoms with Gasteiger partial charge in [-0.15, -0.1) is 0 Å². The Hall–Kier alpha value is -1.63. The summed E-state index contributed by atoms with van der Waals surface area (Å²) in [6.45, 7) is 3.25. The van der Waals surface area contributed by atoms with Crippen LogP contribution in [-0.2, 0) is 17.4 Å². The van der Waals surface area contributed by atoms with Crippen molar-refractivity contribution in [2.45, 2.75) is 50.8 Å². The first-order chi connectivity index (χ1) is 12.1. The molecule has 0 unspecified atom stereocenters. The average Bonchev–Trinajstić information content (AvgIpc) is 2.44. The molecular weight excluding hydrogens is 345 g/mol. The van der Waals surface area contributed by atoms with Crippen molar-refractivity contribution in [3.63, 3.8) is 0 Å². The van der Waals surface area contributed by atoms with Crippen LogP contribution in [0.25, 0.3) is 0 Å². The maximum absolute atomic E-state index is 12.7. The molecule has 1 aromatic rings. The average molecular weight is 368 g/mol. The van der Waals surface area contributed by atoms with Gasteiger partial charge in [0.05, 0.1) is 5.60 Å². The molecule has 1 aromatic heterocycles. The lowest BCUT2D eigenvalue weighted by molar-refractivity contribution is -0.171. The largest absolute Gasteiger partial charge is 0.433 e. The van der Waals surface area contributed by atoms with Crippen molar-refractivity contribution in [3.8, 4) is 0 Å². The van der Waals surface area contributed by atoms with Gasteiger partial charge in [-0.2, -0.15) is 13.2 Å². The van der Waals surface area contributed by atoms with E-state index < -0.39 is 17.5 Å². The van der Waals surface area contributed by atoms with Crippen molar-refractivity contribution in [1.29, 1.82) is 0 Å². The minimum atomic E-state index is -4.40. The van der Waals surface area contributed by atoms with Gasteiger partial charge in [-0.3, -0.25) is 4.79 Å². The minimum Gasteiger partial charge on any atom is -0.390 e. The molecule has 2 heterocycles. The third kappa shape index (κ3) is 3.21. The second-order valence-corrected chi connectivity index (χ2v) is 8.79. The molecule has 142 valence electrons. The third-order valence-electron chi connectivity index (χ3n) is 6.12. The van der Waals surface area contributed by atoms with Crippen LogP contribution in [-0.4, -0.2) is 39.6 Å². The highest BCUT2D eigenvalue weighted by molar-refractivity contribution is 5.81. The first-order valence-electron chi connectivity index (χ1n) is 9.10. The molecule has 1 aliphatic heterocycles. The molecule has 1 spiro atoms. The number of hydrogen-bond acceptors (Lipinski definition) is 3. The molecule has 2 saturated carbocycles. The minimum absolute atomic E-state index is 0.0486. The quantitative estimate of drug-likeness (QED) is 0.892. The number of carbonyl (C=O) groups is 1. The van der Waals surface area contributed by atoms with Gasteiger partial charge in [0.1, 0.15) is 5.69 Å². The number of rotatable bonds is 3. The van der Waals surface area contributed by atoms with Crippen molar-refractivity contribution in [1.82, 2.24) is 9.88 Å². The second-order valence-electron chi connectivity index (χ2n) is 8.79. The van der Waals surface area contributed by atoms with Crippen molar-refractivity contribution >= 4 is 5.91 Å². The maximum atomic E-state index is 12.7. The summed E-state index contributed by atoms with van der Waals surface area (Å²) in [4.78, 5) is 17.9. The van der Waals surface area contributed by atoms with Gasteiger partial charge in [0.2, 0.25) is 5.91 Å². The number of pyridine rings is 1. The summed E-state index contributed by atoms with van der Waals surface area (Å²) in [5, 5.41) is 9.76. The molecule has 0 aromatic carbocycles. The van der Waals surface area contributed by atoms with Crippen LogP contribution in [0.5, 0.6) is 0 Å². The van der Waals surface area contributed by atoms with Gasteiger partial charge >= 0.3 is 6.18 Å². The van der Waals surface area contributed by atoms with Gasteiger partial charge in [-0.05, 0) is 57.1 Å². The second kappa shape index (κ2) is 5.68. The number of hydrogen-bond donors (Lipinski definition) is 1. The van der Waals surface area contributed by atoms with E-state index in [0.29, 0.717) is 30.9 Å². The Bertz CT molecular complexity index is 710. The third-order valence-corrected chi connectivity index (χ3v) is 6.12. The Labute approximate surface area is 150 Å². The normalized spacial score (nSPS) is 30.5. The lowest BCUT2D eigenvalue weighted by atomic mass is 9.56. The first-order valence-corrected chi connectivity index (χ1v) is 9.10. The highest BCUT2D eigenvalue weighted by Crippen LogP contribution is 2.53. The van der Waals surface area contributed by atoms with Gasteiger partial charge in [0.15, 0.2) is 0 Å². The Morgan fingerprint density at radius 1 is 1.27 bits per heavy atom. The number of aromatic nitrogens is 1. The van der Waals surface area contributed by atoms with E-state index in [4.69, 9.17) is 0 Å². The number of alkyl halides is 3. The van der Waals surface area contributed by atoms with E-state index in [1.54, 1.807) is 13.0 Å². The smallest absolute Gasteiger partial charge is 0.390 e. The molecule has 0 bridgehead atoms. The highest BCUT2D eigenvalue weighted by atomic mass is 19.4. The molecule has 3 aliphatic rings. The Kier molecular flexibility index (Phi) is 3.88. The number of aliphatic hydroxyl groups is 1. The summed E-state index contributed by atoms with van der Waals surface area (Å²) in [6, 6.07) is 4.06. The van der Waals surface area contributed by atoms with Crippen LogP contribution in [0.15, 0.2) is 18.2 Å². The topological polar surface area (TPSA) is 53.4 Å². The predicted octanol–water partition coefficient (Wildman–Crippen LogP) is 3.04. The molecule has 4 nitrogen and oxygen atoms in total. The molecular formula is C19H23F3N2O2. The zero-order valence-electron chi connectivity index (χ0n) is 14.7. The van der Waals surface area contributed by atoms with Gasteiger partial charge in [0.25, 0.3) is 0 Å². The van der Waals surface area contributed by atoms with Crippen LogP contribution < -0.4 is 0 Å². The van der Waals surface area contributed by atoms with E-state index in [-0.39, 0.29) is 17.2 Å². The monoisotopic (exact) mass is 368 g/mol. The Morgan fingerprint density at radius 3 is 2.50 bits per heavy atom. The standard InChI is InChI=1S/C19H23F3N2O2/c1-17(26)8-13(9-17)16(25)24-10-18(11-24)6-12(7-18)5-14-3-2-4-15(23-14)19(20,21)22/h2-4,12-13,26H,5-11H2,1H3/t13-,17+. The predicted molar refractivity (Wildman–Crippen MR) is 88.0 cm³/mol. The van der Waals surface area contributed by atoms with Crippen LogP contribution in [0.1, 0.15) is 44.0 Å². The SMILES string of the molecule is C[C@]1(O)C[C@@H](C(=O)N2CC3(CC(Cc4cccc(C(F)(F)F)n4)C3)C2)C1. The van der Waals surface area contributed by atoms with Crippen LogP contribution in [0.4, 0.5) is 13.2 Å². The number of amides is 1. The summed E-state index contributed by atoms with van der Waals surface area (Å²) in [5.74, 6) is 0.436. The summed E-state index contributed by atoms with van der Waals surface area (Å²) < 4.78 is 38.2. The van der Waals surface area contributed by atoms with Crippen molar-refractivity contribution in [3.05, 3.63) is 29.6 Å². The number of halogens is 3. The van der Waals surface area contributed by atoms with Crippen molar-refractivity contribution in [2.24, 2.45) is 17.3 Å². The summed E-state index contributed by atoms with van der Waals surface area (Å²) in [6.07, 6.45) is -0.879. The van der Waals surface area contributed by atoms with E-state index in [0.717, 1.165) is 32.0 Å². The van der Waals surface area contributed by atoms with Crippen LogP contribution in [0.2, 0.25) is 0 Å². The van der Waals surface area contributed by atoms with E-state index in [2.05, 4.69) is 4.98 Å². The zero-order chi connectivity index (χ0) is 18.7. The number of carbonyl (C=O) groups excluding carboxylic acids is 1. The zero-order valence-corrected chi connectivity index (χ0v) is 14.7. The number of nitrogens with zero attached hydrogens (tertiary/aromatic N) is 2. The fraction of sp³-hybridized carbons (Fsp3) is 0.684. The van der Waals surface area contributed by atoms with Gasteiger partial charge < -0.3 is 10.0 Å². The van der Waals surface area contributed by atoms with E-state index in [1.807, 2.05) is 4.90 Å². The number of likely N-dealkylation sites (tertiary alicyclic amines) is 1. The summed E-state index contributed by atoms with van der Waals surface area (Å²) >= 11 is 0. The molecule has 1 amide bonds.